The molecule has 2 fully saturated rings. The molecule has 1 N–H and O–H groups in total. The van der Waals surface area contributed by atoms with Gasteiger partial charge in [0, 0.05) is 111 Å². The van der Waals surface area contributed by atoms with Crippen LogP contribution in [0.2, 0.25) is 5.02 Å². The van der Waals surface area contributed by atoms with Crippen molar-refractivity contribution in [3.8, 4) is 0 Å². The van der Waals surface area contributed by atoms with Crippen molar-refractivity contribution < 1.29 is 8.83 Å². The standard InChI is InChI=1S/C59H58BN3O.C39H32BClN2O.C20H27N/c1-37-34-50-53-51(35-37)63-54-45(58(8)32-12-13-33-59(58,63)9)18-15-19-47(54)60(53)46-31-30-42(36-49(46)62(50)48-20-14-17-44-43-16-10-11-21-52(43)64-55(44)48)61(40-26-22-38(23-27-40)56(2,3)4)41-28-24-39(25-29-41)57(5,6)7;1-23-20-32-35-33(21-23)43-36-27(38(2)18-6-7-19-39(38,43)3)12-9-13-29(36)40(35)28-17-16-24(41)22-31(28)42(32)30-14-8-11-26-25-10-4-5-15-34(25)44-37(26)30;1-19(2,3)15-7-11-17(12-8-15)21-18-13-9-16(10-14-18)20(4,5)6/h10-11,14-31,34-36H,12-13,32-33H2,1-9H3;4-5,8-17,20-22H,6-7,18-19H2,1-3H3;7-14,21H,1-6H3. The van der Waals surface area contributed by atoms with Gasteiger partial charge >= 0.3 is 0 Å². The number of nitrogens with zero attached hydrogens (tertiary/aromatic N) is 5. The summed E-state index contributed by atoms with van der Waals surface area (Å²) in [6.07, 6.45) is 9.88. The predicted octanol–water partition coefficient (Wildman–Crippen LogP) is 29.2. The van der Waals surface area contributed by atoms with Crippen molar-refractivity contribution in [2.24, 2.45) is 0 Å². The van der Waals surface area contributed by atoms with Crippen molar-refractivity contribution >= 4 is 187 Å². The van der Waals surface area contributed by atoms with Crippen molar-refractivity contribution in [3.63, 3.8) is 0 Å². The summed E-state index contributed by atoms with van der Waals surface area (Å²) in [4.78, 5) is 13.0. The molecule has 2 saturated carbocycles. The number of para-hydroxylation sites is 6. The number of fused-ring (bicyclic) bond motifs is 20. The molecule has 8 nitrogen and oxygen atoms in total. The van der Waals surface area contributed by atoms with Gasteiger partial charge in [-0.25, -0.2) is 0 Å². The topological polar surface area (TPSA) is 54.5 Å². The van der Waals surface area contributed by atoms with Crippen LogP contribution in [0.15, 0.2) is 288 Å². The highest BCUT2D eigenvalue weighted by molar-refractivity contribution is 7.01. The summed E-state index contributed by atoms with van der Waals surface area (Å²) in [7, 11) is 0. The first-order valence-corrected chi connectivity index (χ1v) is 47.6. The summed E-state index contributed by atoms with van der Waals surface area (Å²) in [5, 5.41) is 8.74. The van der Waals surface area contributed by atoms with E-state index in [4.69, 9.17) is 20.4 Å². The molecule has 11 heteroatoms. The van der Waals surface area contributed by atoms with E-state index in [0.717, 1.165) is 94.4 Å². The third-order valence-corrected chi connectivity index (χ3v) is 31.7. The van der Waals surface area contributed by atoms with E-state index in [1.807, 2.05) is 6.07 Å². The summed E-state index contributed by atoms with van der Waals surface area (Å²) in [6, 6.07) is 104. The van der Waals surface area contributed by atoms with Gasteiger partial charge in [-0.1, -0.05) is 292 Å². The fourth-order valence-corrected chi connectivity index (χ4v) is 24.4. The highest BCUT2D eigenvalue weighted by Gasteiger charge is 2.63. The van der Waals surface area contributed by atoms with Crippen LogP contribution in [-0.4, -0.2) is 24.5 Å². The second-order valence-electron chi connectivity index (χ2n) is 43.4. The molecule has 0 saturated heterocycles. The zero-order valence-electron chi connectivity index (χ0n) is 78.3. The molecular weight excluding hydrogens is 1590 g/mol. The molecule has 0 amide bonds. The third-order valence-electron chi connectivity index (χ3n) is 31.4. The van der Waals surface area contributed by atoms with Crippen LogP contribution < -0.4 is 62.6 Å². The first-order chi connectivity index (χ1) is 61.7. The van der Waals surface area contributed by atoms with Crippen molar-refractivity contribution in [1.29, 1.82) is 0 Å². The number of furan rings is 2. The Morgan fingerprint density at radius 3 is 1.11 bits per heavy atom. The third kappa shape index (κ3) is 12.7. The van der Waals surface area contributed by atoms with E-state index < -0.39 is 0 Å². The van der Waals surface area contributed by atoms with E-state index >= 15 is 0 Å². The van der Waals surface area contributed by atoms with Gasteiger partial charge in [0.15, 0.2) is 11.2 Å². The fourth-order valence-electron chi connectivity index (χ4n) is 24.2. The first-order valence-electron chi connectivity index (χ1n) is 47.2. The van der Waals surface area contributed by atoms with Gasteiger partial charge in [-0.2, -0.15) is 0 Å². The molecule has 0 radical (unpaired) electrons. The number of nitrogens with one attached hydrogen (secondary N) is 1. The lowest BCUT2D eigenvalue weighted by molar-refractivity contribution is 0.195. The minimum absolute atomic E-state index is 0.0140. The van der Waals surface area contributed by atoms with E-state index in [1.54, 1.807) is 0 Å². The maximum atomic E-state index is 6.93. The van der Waals surface area contributed by atoms with Crippen molar-refractivity contribution in [3.05, 3.63) is 329 Å². The summed E-state index contributed by atoms with van der Waals surface area (Å²) >= 11 is 6.83. The first kappa shape index (κ1) is 82.6. The van der Waals surface area contributed by atoms with E-state index in [0.29, 0.717) is 0 Å². The highest BCUT2D eigenvalue weighted by atomic mass is 35.5. The number of rotatable bonds is 7. The van der Waals surface area contributed by atoms with Gasteiger partial charge in [-0.15, -0.1) is 0 Å². The number of halogens is 1. The maximum Gasteiger partial charge on any atom is 0.252 e. The van der Waals surface area contributed by atoms with Crippen molar-refractivity contribution in [1.82, 2.24) is 0 Å². The SMILES string of the molecule is CC(C)(C)c1ccc(Nc2ccc(C(C)(C)C)cc2)cc1.Cc1cc2c3c(c1)N1c4c(cccc4C4(C)CCCCC14C)B3c1ccc(Cl)cc1N2c1cccc2c1oc1ccccc12.Cc1cc2c3c(c1)N1c4c(cccc4C4(C)CCCCC14C)B3c1ccc(N(c3ccc(C(C)(C)C)cc3)c3ccc(C(C)(C)C)cc3)cc1N2c1cccc2c1oc1ccccc12. The molecule has 6 aliphatic heterocycles. The Morgan fingerprint density at radius 2 is 0.690 bits per heavy atom. The van der Waals surface area contributed by atoms with Crippen LogP contribution in [0.3, 0.4) is 0 Å². The van der Waals surface area contributed by atoms with Gasteiger partial charge in [0.1, 0.15) is 11.2 Å². The Labute approximate surface area is 768 Å². The summed E-state index contributed by atoms with van der Waals surface area (Å²) < 4.78 is 13.6. The predicted molar refractivity (Wildman–Crippen MR) is 552 cm³/mol. The van der Waals surface area contributed by atoms with Crippen LogP contribution in [0.4, 0.5) is 85.3 Å². The largest absolute Gasteiger partial charge is 0.454 e. The summed E-state index contributed by atoms with van der Waals surface area (Å²) in [5.41, 5.74) is 41.6. The van der Waals surface area contributed by atoms with Gasteiger partial charge in [-0.05, 0) is 274 Å². The molecule has 129 heavy (non-hydrogen) atoms. The monoisotopic (exact) mass is 1710 g/mol. The zero-order chi connectivity index (χ0) is 89.3. The molecular formula is C118H117B2ClN6O2. The van der Waals surface area contributed by atoms with Crippen molar-refractivity contribution in [2.75, 3.05) is 29.8 Å². The molecule has 2 aromatic heterocycles. The Kier molecular flexibility index (Phi) is 18.9. The fraction of sp³-hybridized carbons (Fsp3) is 0.288. The van der Waals surface area contributed by atoms with E-state index in [-0.39, 0.29) is 57.0 Å². The lowest BCUT2D eigenvalue weighted by Crippen LogP contribution is -2.64. The molecule has 8 heterocycles. The van der Waals surface area contributed by atoms with Crippen LogP contribution in [0, 0.1) is 13.8 Å². The van der Waals surface area contributed by atoms with Gasteiger partial charge in [0.25, 0.3) is 13.4 Å². The van der Waals surface area contributed by atoms with E-state index in [1.165, 1.54) is 168 Å². The van der Waals surface area contributed by atoms with E-state index in [2.05, 4.69) is 427 Å². The minimum Gasteiger partial charge on any atom is -0.454 e. The van der Waals surface area contributed by atoms with Crippen LogP contribution in [0.5, 0.6) is 0 Å². The highest BCUT2D eigenvalue weighted by Crippen LogP contribution is 2.65. The summed E-state index contributed by atoms with van der Waals surface area (Å²) in [6.45, 7) is 42.1. The molecule has 0 spiro atoms. The van der Waals surface area contributed by atoms with E-state index in [9.17, 15) is 0 Å². The van der Waals surface area contributed by atoms with Gasteiger partial charge in [0.05, 0.1) is 22.5 Å². The Morgan fingerprint density at radius 1 is 0.333 bits per heavy atom. The van der Waals surface area contributed by atoms with Gasteiger partial charge < -0.3 is 38.7 Å². The quantitative estimate of drug-likeness (QED) is 0.158. The normalized spacial score (nSPS) is 19.5. The second-order valence-corrected chi connectivity index (χ2v) is 43.8. The smallest absolute Gasteiger partial charge is 0.252 e. The number of hydrogen-bond acceptors (Lipinski definition) is 8. The second kappa shape index (κ2) is 29.5. The number of hydrogen-bond donors (Lipinski definition) is 1. The minimum atomic E-state index is -0.0322. The van der Waals surface area contributed by atoms with Crippen LogP contribution in [0.25, 0.3) is 43.9 Å². The lowest BCUT2D eigenvalue weighted by atomic mass is 9.33. The van der Waals surface area contributed by atoms with Gasteiger partial charge in [0.2, 0.25) is 0 Å². The lowest BCUT2D eigenvalue weighted by Gasteiger charge is -2.52. The molecule has 8 aliphatic rings. The average molecular weight is 1710 g/mol. The summed E-state index contributed by atoms with van der Waals surface area (Å²) in [5.74, 6) is 0. The maximum absolute atomic E-state index is 6.93. The molecule has 4 unspecified atom stereocenters. The Balaban J connectivity index is 0.000000129. The van der Waals surface area contributed by atoms with Crippen LogP contribution in [0.1, 0.15) is 207 Å². The average Bonchev–Trinajstić information content (AvgIpc) is 1.49. The Bertz CT molecular complexity index is 7130. The molecule has 14 aromatic carbocycles. The molecule has 24 rings (SSSR count). The molecule has 16 aromatic rings. The zero-order valence-corrected chi connectivity index (χ0v) is 79.1. The molecule has 2 aliphatic carbocycles. The Hall–Kier alpha value is -12.1. The van der Waals surface area contributed by atoms with Crippen LogP contribution in [-0.2, 0) is 32.5 Å². The van der Waals surface area contributed by atoms with Gasteiger partial charge in [-0.3, -0.25) is 0 Å². The molecule has 644 valence electrons. The molecule has 4 atom stereocenters. The number of aryl methyl sites for hydroxylation is 2. The van der Waals surface area contributed by atoms with Crippen molar-refractivity contribution in [2.45, 2.75) is 220 Å². The number of anilines is 15. The van der Waals surface area contributed by atoms with Crippen LogP contribution >= 0.6 is 11.6 Å². The number of benzene rings is 14. The molecule has 0 bridgehead atoms.